The summed E-state index contributed by atoms with van der Waals surface area (Å²) in [6, 6.07) is 3.85. The average molecular weight is 278 g/mol. The van der Waals surface area contributed by atoms with Gasteiger partial charge in [0.05, 0.1) is 7.11 Å². The number of aromatic nitrogens is 1. The minimum Gasteiger partial charge on any atom is -0.481 e. The number of urea groups is 1. The zero-order valence-electron chi connectivity index (χ0n) is 12.1. The summed E-state index contributed by atoms with van der Waals surface area (Å²) in [5.41, 5.74) is 0.869. The molecule has 0 aliphatic carbocycles. The summed E-state index contributed by atoms with van der Waals surface area (Å²) in [5, 5.41) is 5.86. The molecule has 1 aliphatic rings. The lowest BCUT2D eigenvalue weighted by Crippen LogP contribution is -2.46. The molecule has 1 aliphatic heterocycles. The van der Waals surface area contributed by atoms with Gasteiger partial charge in [-0.3, -0.25) is 0 Å². The van der Waals surface area contributed by atoms with Crippen LogP contribution in [0, 0.1) is 0 Å². The number of rotatable bonds is 4. The second-order valence-corrected chi connectivity index (χ2v) is 5.08. The fourth-order valence-corrected chi connectivity index (χ4v) is 2.31. The molecule has 2 rings (SSSR count). The first-order valence-corrected chi connectivity index (χ1v) is 6.90. The van der Waals surface area contributed by atoms with E-state index < -0.39 is 0 Å². The van der Waals surface area contributed by atoms with Crippen molar-refractivity contribution in [1.29, 1.82) is 0 Å². The van der Waals surface area contributed by atoms with Crippen molar-refractivity contribution in [3.8, 4) is 5.88 Å². The van der Waals surface area contributed by atoms with E-state index in [2.05, 4.69) is 27.6 Å². The standard InChI is InChI=1S/C14H22N4O2/c1-18-8-5-12(6-9-18)17-14(19)16-10-11-4-3-7-15-13(11)20-2/h3-4,7,12H,5-6,8-10H2,1-2H3,(H2,16,17,19). The van der Waals surface area contributed by atoms with E-state index in [0.717, 1.165) is 31.5 Å². The van der Waals surface area contributed by atoms with Crippen LogP contribution in [0.5, 0.6) is 5.88 Å². The molecule has 1 saturated heterocycles. The van der Waals surface area contributed by atoms with Crippen LogP contribution in [0.3, 0.4) is 0 Å². The molecule has 0 saturated carbocycles. The van der Waals surface area contributed by atoms with Gasteiger partial charge in [0.2, 0.25) is 5.88 Å². The lowest BCUT2D eigenvalue weighted by molar-refractivity contribution is 0.213. The van der Waals surface area contributed by atoms with Gasteiger partial charge in [0.15, 0.2) is 0 Å². The third-order valence-corrected chi connectivity index (χ3v) is 3.54. The summed E-state index contributed by atoms with van der Waals surface area (Å²) in [4.78, 5) is 18.2. The molecule has 6 nitrogen and oxygen atoms in total. The van der Waals surface area contributed by atoms with Gasteiger partial charge >= 0.3 is 6.03 Å². The van der Waals surface area contributed by atoms with Crippen LogP contribution in [0.1, 0.15) is 18.4 Å². The van der Waals surface area contributed by atoms with Gasteiger partial charge in [0, 0.05) is 24.3 Å². The molecule has 110 valence electrons. The lowest BCUT2D eigenvalue weighted by Gasteiger charge is -2.29. The molecule has 0 atom stereocenters. The van der Waals surface area contributed by atoms with E-state index >= 15 is 0 Å². The molecule has 1 aromatic rings. The predicted molar refractivity (Wildman–Crippen MR) is 76.7 cm³/mol. The van der Waals surface area contributed by atoms with Gasteiger partial charge in [-0.05, 0) is 39.0 Å². The monoisotopic (exact) mass is 278 g/mol. The van der Waals surface area contributed by atoms with Crippen molar-refractivity contribution in [3.05, 3.63) is 23.9 Å². The second kappa shape index (κ2) is 7.09. The van der Waals surface area contributed by atoms with Gasteiger partial charge in [-0.1, -0.05) is 6.07 Å². The van der Waals surface area contributed by atoms with Crippen molar-refractivity contribution in [2.24, 2.45) is 0 Å². The zero-order valence-corrected chi connectivity index (χ0v) is 12.1. The summed E-state index contributed by atoms with van der Waals surface area (Å²) in [6.07, 6.45) is 3.67. The number of methoxy groups -OCH3 is 1. The van der Waals surface area contributed by atoms with Crippen LogP contribution in [0.15, 0.2) is 18.3 Å². The van der Waals surface area contributed by atoms with Crippen LogP contribution in [0.2, 0.25) is 0 Å². The summed E-state index contributed by atoms with van der Waals surface area (Å²) in [5.74, 6) is 0.548. The predicted octanol–water partition coefficient (Wildman–Crippen LogP) is 0.984. The number of ether oxygens (including phenoxy) is 1. The molecular weight excluding hydrogens is 256 g/mol. The van der Waals surface area contributed by atoms with Gasteiger partial charge in [-0.25, -0.2) is 9.78 Å². The van der Waals surface area contributed by atoms with Gasteiger partial charge < -0.3 is 20.3 Å². The van der Waals surface area contributed by atoms with Crippen LogP contribution in [0.4, 0.5) is 4.79 Å². The SMILES string of the molecule is COc1ncccc1CNC(=O)NC1CCN(C)CC1. The van der Waals surface area contributed by atoms with E-state index in [9.17, 15) is 4.79 Å². The number of nitrogens with zero attached hydrogens (tertiary/aromatic N) is 2. The largest absolute Gasteiger partial charge is 0.481 e. The number of piperidine rings is 1. The number of carbonyl (C=O) groups excluding carboxylic acids is 1. The van der Waals surface area contributed by atoms with Crippen molar-refractivity contribution < 1.29 is 9.53 Å². The fourth-order valence-electron chi connectivity index (χ4n) is 2.31. The number of amides is 2. The third kappa shape index (κ3) is 4.09. The lowest BCUT2D eigenvalue weighted by atomic mass is 10.1. The molecule has 0 aromatic carbocycles. The first-order chi connectivity index (χ1) is 9.69. The smallest absolute Gasteiger partial charge is 0.315 e. The van der Waals surface area contributed by atoms with Crippen LogP contribution in [-0.4, -0.2) is 49.2 Å². The maximum atomic E-state index is 11.9. The number of hydrogen-bond acceptors (Lipinski definition) is 4. The van der Waals surface area contributed by atoms with Crippen molar-refractivity contribution >= 4 is 6.03 Å². The number of nitrogens with one attached hydrogen (secondary N) is 2. The highest BCUT2D eigenvalue weighted by Gasteiger charge is 2.18. The Morgan fingerprint density at radius 1 is 1.50 bits per heavy atom. The van der Waals surface area contributed by atoms with Gasteiger partial charge in [0.1, 0.15) is 0 Å². The first kappa shape index (κ1) is 14.6. The summed E-state index contributed by atoms with van der Waals surface area (Å²) < 4.78 is 5.15. The second-order valence-electron chi connectivity index (χ2n) is 5.08. The minimum atomic E-state index is -0.134. The highest BCUT2D eigenvalue weighted by molar-refractivity contribution is 5.74. The molecule has 1 aromatic heterocycles. The Morgan fingerprint density at radius 3 is 2.95 bits per heavy atom. The Morgan fingerprint density at radius 2 is 2.25 bits per heavy atom. The maximum Gasteiger partial charge on any atom is 0.315 e. The topological polar surface area (TPSA) is 66.5 Å². The number of hydrogen-bond donors (Lipinski definition) is 2. The van der Waals surface area contributed by atoms with Gasteiger partial charge in [-0.2, -0.15) is 0 Å². The maximum absolute atomic E-state index is 11.9. The molecule has 20 heavy (non-hydrogen) atoms. The molecule has 2 heterocycles. The Balaban J connectivity index is 1.77. The van der Waals surface area contributed by atoms with Crippen LogP contribution in [-0.2, 0) is 6.54 Å². The van der Waals surface area contributed by atoms with E-state index in [-0.39, 0.29) is 12.1 Å². The number of pyridine rings is 1. The zero-order chi connectivity index (χ0) is 14.4. The molecule has 0 radical (unpaired) electrons. The molecular formula is C14H22N4O2. The Bertz CT molecular complexity index is 445. The molecule has 6 heteroatoms. The molecule has 2 N–H and O–H groups in total. The average Bonchev–Trinajstić information content (AvgIpc) is 2.48. The summed E-state index contributed by atoms with van der Waals surface area (Å²) >= 11 is 0. The van der Waals surface area contributed by atoms with E-state index in [4.69, 9.17) is 4.74 Å². The normalized spacial score (nSPS) is 16.7. The Hall–Kier alpha value is -1.82. The molecule has 0 unspecified atom stereocenters. The molecule has 1 fully saturated rings. The third-order valence-electron chi connectivity index (χ3n) is 3.54. The van der Waals surface area contributed by atoms with Crippen molar-refractivity contribution in [1.82, 2.24) is 20.5 Å². The Labute approximate surface area is 119 Å². The molecule has 0 spiro atoms. The summed E-state index contributed by atoms with van der Waals surface area (Å²) in [6.45, 7) is 2.47. The molecule has 2 amide bonds. The highest BCUT2D eigenvalue weighted by Crippen LogP contribution is 2.13. The van der Waals surface area contributed by atoms with Crippen molar-refractivity contribution in [2.45, 2.75) is 25.4 Å². The van der Waals surface area contributed by atoms with Crippen molar-refractivity contribution in [3.63, 3.8) is 0 Å². The molecule has 0 bridgehead atoms. The van der Waals surface area contributed by atoms with E-state index in [1.54, 1.807) is 13.3 Å². The summed E-state index contributed by atoms with van der Waals surface area (Å²) in [7, 11) is 3.68. The van der Waals surface area contributed by atoms with Gasteiger partial charge in [0.25, 0.3) is 0 Å². The number of carbonyl (C=O) groups is 1. The Kier molecular flexibility index (Phi) is 5.17. The quantitative estimate of drug-likeness (QED) is 0.862. The van der Waals surface area contributed by atoms with Crippen LogP contribution < -0.4 is 15.4 Å². The van der Waals surface area contributed by atoms with E-state index in [1.165, 1.54) is 0 Å². The van der Waals surface area contributed by atoms with Crippen molar-refractivity contribution in [2.75, 3.05) is 27.2 Å². The minimum absolute atomic E-state index is 0.134. The van der Waals surface area contributed by atoms with Crippen LogP contribution >= 0.6 is 0 Å². The van der Waals surface area contributed by atoms with E-state index in [1.807, 2.05) is 12.1 Å². The van der Waals surface area contributed by atoms with Crippen LogP contribution in [0.25, 0.3) is 0 Å². The fraction of sp³-hybridized carbons (Fsp3) is 0.571. The number of likely N-dealkylation sites (tertiary alicyclic amines) is 1. The highest BCUT2D eigenvalue weighted by atomic mass is 16.5. The van der Waals surface area contributed by atoms with Gasteiger partial charge in [-0.15, -0.1) is 0 Å². The first-order valence-electron chi connectivity index (χ1n) is 6.90. The van der Waals surface area contributed by atoms with E-state index in [0.29, 0.717) is 12.4 Å².